The standard InChI is InChI=1S/C29H30N4O3S/c1-31-15-13-21-22-17-33(29(34)30-23-10-4-5-12-25(23)36-3)27(19-8-6-9-20(16-19)35-2)24-11-7-14-32(24)28(22)37-26(21)18-31/h4-12,14,16,27H,13,15,17-18H2,1-3H3,(H,30,34)/t27-/m0/s1. The van der Waals surface area contributed by atoms with E-state index in [0.29, 0.717) is 18.0 Å². The van der Waals surface area contributed by atoms with Crippen LogP contribution in [0.15, 0.2) is 66.9 Å². The van der Waals surface area contributed by atoms with Crippen molar-refractivity contribution in [2.24, 2.45) is 0 Å². The number of rotatable bonds is 4. The zero-order valence-electron chi connectivity index (χ0n) is 21.2. The Kier molecular flexibility index (Phi) is 6.14. The molecule has 0 unspecified atom stereocenters. The van der Waals surface area contributed by atoms with Crippen LogP contribution in [0.25, 0.3) is 5.00 Å². The maximum Gasteiger partial charge on any atom is 0.323 e. The van der Waals surface area contributed by atoms with Crippen LogP contribution < -0.4 is 14.8 Å². The van der Waals surface area contributed by atoms with Gasteiger partial charge in [0.1, 0.15) is 16.5 Å². The summed E-state index contributed by atoms with van der Waals surface area (Å²) in [6.07, 6.45) is 3.11. The van der Waals surface area contributed by atoms with E-state index in [1.165, 1.54) is 21.0 Å². The molecule has 2 aromatic heterocycles. The number of benzene rings is 2. The second kappa shape index (κ2) is 9.61. The molecule has 7 nitrogen and oxygen atoms in total. The van der Waals surface area contributed by atoms with Crippen LogP contribution in [-0.4, -0.2) is 48.2 Å². The minimum atomic E-state index is -0.304. The zero-order valence-corrected chi connectivity index (χ0v) is 22.0. The SMILES string of the molecule is COc1cccc([C@H]2c3cccn3-c3sc4c(c3CN2C(=O)Nc2ccccc2OC)CCN(C)C4)c1. The number of carbonyl (C=O) groups is 1. The number of thiophene rings is 1. The van der Waals surface area contributed by atoms with Gasteiger partial charge < -0.3 is 29.2 Å². The number of para-hydroxylation sites is 2. The normalized spacial score (nSPS) is 16.8. The van der Waals surface area contributed by atoms with Crippen LogP contribution in [0.5, 0.6) is 11.5 Å². The number of methoxy groups -OCH3 is 2. The Balaban J connectivity index is 1.50. The number of aromatic nitrogens is 1. The molecule has 2 amide bonds. The maximum atomic E-state index is 14.1. The molecule has 0 radical (unpaired) electrons. The fraction of sp³-hybridized carbons (Fsp3) is 0.276. The molecule has 0 saturated heterocycles. The van der Waals surface area contributed by atoms with Gasteiger partial charge in [-0.05, 0) is 61.0 Å². The molecule has 4 heterocycles. The summed E-state index contributed by atoms with van der Waals surface area (Å²) in [5.41, 5.74) is 5.32. The molecule has 2 aliphatic rings. The quantitative estimate of drug-likeness (QED) is 0.381. The molecule has 2 aliphatic heterocycles. The Hall–Kier alpha value is -3.75. The lowest BCUT2D eigenvalue weighted by Gasteiger charge is -2.32. The average Bonchev–Trinajstić information content (AvgIpc) is 3.50. The smallest absolute Gasteiger partial charge is 0.323 e. The van der Waals surface area contributed by atoms with Crippen molar-refractivity contribution in [2.75, 3.05) is 33.1 Å². The third-order valence-electron chi connectivity index (χ3n) is 7.27. The maximum absolute atomic E-state index is 14.1. The minimum Gasteiger partial charge on any atom is -0.497 e. The van der Waals surface area contributed by atoms with Crippen molar-refractivity contribution in [3.63, 3.8) is 0 Å². The van der Waals surface area contributed by atoms with Crippen molar-refractivity contribution in [1.82, 2.24) is 14.4 Å². The van der Waals surface area contributed by atoms with Crippen molar-refractivity contribution in [1.29, 1.82) is 0 Å². The molecule has 6 rings (SSSR count). The molecule has 0 aliphatic carbocycles. The summed E-state index contributed by atoms with van der Waals surface area (Å²) in [5, 5.41) is 4.35. The Morgan fingerprint density at radius 2 is 1.86 bits per heavy atom. The molecule has 0 bridgehead atoms. The number of nitrogens with one attached hydrogen (secondary N) is 1. The van der Waals surface area contributed by atoms with Crippen molar-refractivity contribution in [2.45, 2.75) is 25.6 Å². The third-order valence-corrected chi connectivity index (χ3v) is 8.53. The second-order valence-corrected chi connectivity index (χ2v) is 10.6. The molecule has 0 spiro atoms. The number of amides is 2. The summed E-state index contributed by atoms with van der Waals surface area (Å²) in [6, 6.07) is 19.2. The van der Waals surface area contributed by atoms with Gasteiger partial charge in [0.15, 0.2) is 0 Å². The molecule has 1 N–H and O–H groups in total. The minimum absolute atomic E-state index is 0.175. The predicted octanol–water partition coefficient (Wildman–Crippen LogP) is 5.68. The highest BCUT2D eigenvalue weighted by Crippen LogP contribution is 2.44. The topological polar surface area (TPSA) is 59.0 Å². The van der Waals surface area contributed by atoms with Gasteiger partial charge in [-0.2, -0.15) is 0 Å². The highest BCUT2D eigenvalue weighted by atomic mass is 32.1. The molecular formula is C29H30N4O3S. The fourth-order valence-corrected chi connectivity index (χ4v) is 6.89. The van der Waals surface area contributed by atoms with Gasteiger partial charge in [0, 0.05) is 29.7 Å². The number of hydrogen-bond donors (Lipinski definition) is 1. The van der Waals surface area contributed by atoms with E-state index in [1.54, 1.807) is 14.2 Å². The number of anilines is 1. The van der Waals surface area contributed by atoms with E-state index in [9.17, 15) is 4.79 Å². The first kappa shape index (κ1) is 23.6. The number of hydrogen-bond acceptors (Lipinski definition) is 5. The first-order valence-electron chi connectivity index (χ1n) is 12.4. The van der Waals surface area contributed by atoms with Crippen LogP contribution in [0.4, 0.5) is 10.5 Å². The van der Waals surface area contributed by atoms with Gasteiger partial charge in [0.25, 0.3) is 0 Å². The number of urea groups is 1. The first-order valence-corrected chi connectivity index (χ1v) is 13.2. The highest BCUT2D eigenvalue weighted by Gasteiger charge is 2.36. The summed E-state index contributed by atoms with van der Waals surface area (Å²) in [4.78, 5) is 19.8. The third kappa shape index (κ3) is 4.16. The Morgan fingerprint density at radius 1 is 1.00 bits per heavy atom. The number of fused-ring (bicyclic) bond motifs is 5. The van der Waals surface area contributed by atoms with Gasteiger partial charge in [-0.25, -0.2) is 4.79 Å². The highest BCUT2D eigenvalue weighted by molar-refractivity contribution is 7.15. The number of carbonyl (C=O) groups excluding carboxylic acids is 1. The van der Waals surface area contributed by atoms with Crippen molar-refractivity contribution in [3.05, 3.63) is 94.1 Å². The predicted molar refractivity (Wildman–Crippen MR) is 146 cm³/mol. The van der Waals surface area contributed by atoms with Gasteiger partial charge in [-0.15, -0.1) is 11.3 Å². The fourth-order valence-electron chi connectivity index (χ4n) is 5.45. The number of ether oxygens (including phenoxy) is 2. The molecule has 0 saturated carbocycles. The Morgan fingerprint density at radius 3 is 2.70 bits per heavy atom. The monoisotopic (exact) mass is 514 g/mol. The summed E-state index contributed by atoms with van der Waals surface area (Å²) in [5.74, 6) is 1.39. The van der Waals surface area contributed by atoms with E-state index in [1.807, 2.05) is 58.7 Å². The molecule has 1 atom stereocenters. The molecule has 4 aromatic rings. The Labute approximate surface area is 220 Å². The van der Waals surface area contributed by atoms with E-state index < -0.39 is 0 Å². The van der Waals surface area contributed by atoms with Gasteiger partial charge in [0.2, 0.25) is 0 Å². The van der Waals surface area contributed by atoms with Gasteiger partial charge in [-0.1, -0.05) is 24.3 Å². The average molecular weight is 515 g/mol. The van der Waals surface area contributed by atoms with Crippen LogP contribution in [0, 0.1) is 0 Å². The molecule has 2 aromatic carbocycles. The number of likely N-dealkylation sites (N-methyl/N-ethyl adjacent to an activating group) is 1. The largest absolute Gasteiger partial charge is 0.497 e. The molecule has 8 heteroatoms. The summed E-state index contributed by atoms with van der Waals surface area (Å²) in [6.45, 7) is 2.47. The molecule has 0 fully saturated rings. The lowest BCUT2D eigenvalue weighted by molar-refractivity contribution is 0.194. The van der Waals surface area contributed by atoms with Gasteiger partial charge in [0.05, 0.1) is 38.2 Å². The molecular weight excluding hydrogens is 484 g/mol. The van der Waals surface area contributed by atoms with Crippen LogP contribution in [0.2, 0.25) is 0 Å². The van der Waals surface area contributed by atoms with E-state index in [0.717, 1.165) is 36.5 Å². The van der Waals surface area contributed by atoms with Crippen LogP contribution in [-0.2, 0) is 19.5 Å². The summed E-state index contributed by atoms with van der Waals surface area (Å²) >= 11 is 1.85. The lowest BCUT2D eigenvalue weighted by Crippen LogP contribution is -2.38. The van der Waals surface area contributed by atoms with E-state index in [4.69, 9.17) is 9.47 Å². The van der Waals surface area contributed by atoms with Crippen molar-refractivity contribution >= 4 is 23.1 Å². The van der Waals surface area contributed by atoms with Crippen molar-refractivity contribution < 1.29 is 14.3 Å². The van der Waals surface area contributed by atoms with Crippen molar-refractivity contribution in [3.8, 4) is 16.5 Å². The van der Waals surface area contributed by atoms with Gasteiger partial charge >= 0.3 is 6.03 Å². The van der Waals surface area contributed by atoms with Crippen LogP contribution in [0.1, 0.15) is 33.3 Å². The van der Waals surface area contributed by atoms with Gasteiger partial charge in [-0.3, -0.25) is 0 Å². The van der Waals surface area contributed by atoms with E-state index >= 15 is 0 Å². The van der Waals surface area contributed by atoms with E-state index in [2.05, 4.69) is 46.2 Å². The second-order valence-electron chi connectivity index (χ2n) is 9.52. The molecule has 190 valence electrons. The summed E-state index contributed by atoms with van der Waals surface area (Å²) in [7, 11) is 5.45. The Bertz CT molecular complexity index is 1460. The first-order chi connectivity index (χ1) is 18.1. The summed E-state index contributed by atoms with van der Waals surface area (Å²) < 4.78 is 13.3. The molecule has 37 heavy (non-hydrogen) atoms. The number of nitrogens with zero attached hydrogens (tertiary/aromatic N) is 3. The van der Waals surface area contributed by atoms with Crippen LogP contribution in [0.3, 0.4) is 0 Å². The van der Waals surface area contributed by atoms with Crippen LogP contribution >= 0.6 is 11.3 Å². The zero-order chi connectivity index (χ0) is 25.5. The van der Waals surface area contributed by atoms with E-state index in [-0.39, 0.29) is 12.1 Å². The lowest BCUT2D eigenvalue weighted by atomic mass is 10.00.